The number of amides is 1. The van der Waals surface area contributed by atoms with Gasteiger partial charge in [0.25, 0.3) is 5.91 Å². The van der Waals surface area contributed by atoms with E-state index in [9.17, 15) is 22.4 Å². The lowest BCUT2D eigenvalue weighted by Crippen LogP contribution is -2.16. The molecular weight excluding hydrogens is 500 g/mol. The molecule has 7 nitrogen and oxygen atoms in total. The van der Waals surface area contributed by atoms with E-state index in [1.54, 1.807) is 30.3 Å². The Labute approximate surface area is 206 Å². The summed E-state index contributed by atoms with van der Waals surface area (Å²) < 4.78 is 57.2. The van der Waals surface area contributed by atoms with Gasteiger partial charge in [-0.05, 0) is 24.3 Å². The number of benzene rings is 2. The molecule has 0 aliphatic carbocycles. The van der Waals surface area contributed by atoms with Gasteiger partial charge in [0.2, 0.25) is 0 Å². The van der Waals surface area contributed by atoms with E-state index in [4.69, 9.17) is 11.6 Å². The number of hydrogen-bond donors (Lipinski definition) is 1. The third-order valence-electron chi connectivity index (χ3n) is 5.26. The van der Waals surface area contributed by atoms with Crippen LogP contribution in [0.1, 0.15) is 21.7 Å². The van der Waals surface area contributed by atoms with Gasteiger partial charge in [0.1, 0.15) is 5.82 Å². The van der Waals surface area contributed by atoms with Crippen molar-refractivity contribution >= 4 is 29.0 Å². The number of nitrogens with one attached hydrogen (secondary N) is 1. The van der Waals surface area contributed by atoms with Gasteiger partial charge in [-0.1, -0.05) is 41.9 Å². The average molecular weight is 515 g/mol. The van der Waals surface area contributed by atoms with E-state index in [-0.39, 0.29) is 29.4 Å². The van der Waals surface area contributed by atoms with Crippen molar-refractivity contribution in [3.63, 3.8) is 0 Å². The molecule has 3 heterocycles. The van der Waals surface area contributed by atoms with Crippen molar-refractivity contribution in [1.82, 2.24) is 24.4 Å². The molecule has 5 rings (SSSR count). The fraction of sp³-hybridized carbons (Fsp3) is 0.0833. The molecule has 36 heavy (non-hydrogen) atoms. The maximum Gasteiger partial charge on any atom is 0.433 e. The summed E-state index contributed by atoms with van der Waals surface area (Å²) in [5.41, 5.74) is -0.674. The highest BCUT2D eigenvalue weighted by Gasteiger charge is 2.35. The predicted molar refractivity (Wildman–Crippen MR) is 124 cm³/mol. The van der Waals surface area contributed by atoms with E-state index >= 15 is 0 Å². The molecular formula is C24H15ClF4N6O. The molecule has 0 unspecified atom stereocenters. The quantitative estimate of drug-likeness (QED) is 0.305. The molecule has 0 fully saturated rings. The number of halogens is 5. The number of carbonyl (C=O) groups is 1. The summed E-state index contributed by atoms with van der Waals surface area (Å²) >= 11 is 5.87. The number of nitrogens with zero attached hydrogens (tertiary/aromatic N) is 5. The zero-order valence-corrected chi connectivity index (χ0v) is 18.9. The maximum atomic E-state index is 13.9. The van der Waals surface area contributed by atoms with Crippen LogP contribution in [0.15, 0.2) is 72.9 Å². The first kappa shape index (κ1) is 23.5. The number of carbonyl (C=O) groups excluding carboxylic acids is 1. The Morgan fingerprint density at radius 2 is 1.75 bits per heavy atom. The minimum Gasteiger partial charge on any atom is -0.304 e. The van der Waals surface area contributed by atoms with Crippen molar-refractivity contribution in [2.75, 3.05) is 5.32 Å². The molecule has 182 valence electrons. The Balaban J connectivity index is 1.43. The molecule has 0 atom stereocenters. The summed E-state index contributed by atoms with van der Waals surface area (Å²) in [6.07, 6.45) is -3.22. The van der Waals surface area contributed by atoms with Crippen LogP contribution in [0.5, 0.6) is 0 Å². The van der Waals surface area contributed by atoms with Crippen molar-refractivity contribution in [3.05, 3.63) is 101 Å². The largest absolute Gasteiger partial charge is 0.433 e. The molecule has 1 amide bonds. The number of fused-ring (bicyclic) bond motifs is 1. The van der Waals surface area contributed by atoms with Gasteiger partial charge in [-0.2, -0.15) is 23.4 Å². The van der Waals surface area contributed by atoms with Crippen LogP contribution in [0.3, 0.4) is 0 Å². The van der Waals surface area contributed by atoms with Gasteiger partial charge in [-0.15, -0.1) is 0 Å². The van der Waals surface area contributed by atoms with E-state index in [2.05, 4.69) is 20.5 Å². The lowest BCUT2D eigenvalue weighted by Gasteiger charge is -2.11. The van der Waals surface area contributed by atoms with Crippen molar-refractivity contribution in [1.29, 1.82) is 0 Å². The Hall–Kier alpha value is -4.25. The Kier molecular flexibility index (Phi) is 5.92. The van der Waals surface area contributed by atoms with Gasteiger partial charge in [-0.25, -0.2) is 13.9 Å². The zero-order valence-electron chi connectivity index (χ0n) is 18.2. The first-order valence-electron chi connectivity index (χ1n) is 10.5. The zero-order chi connectivity index (χ0) is 25.4. The summed E-state index contributed by atoms with van der Waals surface area (Å²) in [5.74, 6) is -1.05. The van der Waals surface area contributed by atoms with Gasteiger partial charge in [0.15, 0.2) is 22.9 Å². The fourth-order valence-electron chi connectivity index (χ4n) is 3.55. The Bertz CT molecular complexity index is 1580. The fourth-order valence-corrected chi connectivity index (χ4v) is 3.68. The summed E-state index contributed by atoms with van der Waals surface area (Å²) in [6, 6.07) is 15.8. The van der Waals surface area contributed by atoms with Gasteiger partial charge < -0.3 is 5.32 Å². The summed E-state index contributed by atoms with van der Waals surface area (Å²) in [4.78, 5) is 17.0. The lowest BCUT2D eigenvalue weighted by atomic mass is 10.1. The lowest BCUT2D eigenvalue weighted by molar-refractivity contribution is -0.142. The number of aromatic nitrogens is 5. The summed E-state index contributed by atoms with van der Waals surface area (Å²) in [5, 5.41) is 10.9. The highest BCUT2D eigenvalue weighted by molar-refractivity contribution is 6.30. The number of alkyl halides is 3. The predicted octanol–water partition coefficient (Wildman–Crippen LogP) is 5.70. The van der Waals surface area contributed by atoms with E-state index < -0.39 is 23.6 Å². The highest BCUT2D eigenvalue weighted by Crippen LogP contribution is 2.32. The first-order valence-corrected chi connectivity index (χ1v) is 10.9. The second-order valence-electron chi connectivity index (χ2n) is 7.77. The standard InChI is InChI=1S/C24H15ClF4N6O/c25-16-7-5-14(6-8-16)18-11-20(24(27,28)29)35-22(30-18)12-19(32-35)23(36)31-21-9-10-34(33-21)13-15-3-1-2-4-17(15)26/h1-12H,13H2,(H,31,33,36). The van der Waals surface area contributed by atoms with Crippen LogP contribution < -0.4 is 5.32 Å². The molecule has 0 saturated heterocycles. The van der Waals surface area contributed by atoms with Crippen LogP contribution in [0.4, 0.5) is 23.4 Å². The smallest absolute Gasteiger partial charge is 0.304 e. The maximum absolute atomic E-state index is 13.9. The average Bonchev–Trinajstić information content (AvgIpc) is 3.46. The minimum atomic E-state index is -4.76. The van der Waals surface area contributed by atoms with Crippen LogP contribution in [-0.4, -0.2) is 30.3 Å². The minimum absolute atomic E-state index is 0.0465. The van der Waals surface area contributed by atoms with Crippen molar-refractivity contribution < 1.29 is 22.4 Å². The van der Waals surface area contributed by atoms with Crippen molar-refractivity contribution in [3.8, 4) is 11.3 Å². The second kappa shape index (κ2) is 9.08. The van der Waals surface area contributed by atoms with E-state index in [0.29, 0.717) is 20.7 Å². The molecule has 12 heteroatoms. The molecule has 0 radical (unpaired) electrons. The van der Waals surface area contributed by atoms with Gasteiger partial charge in [-0.3, -0.25) is 9.48 Å². The second-order valence-corrected chi connectivity index (χ2v) is 8.21. The van der Waals surface area contributed by atoms with Crippen LogP contribution in [0, 0.1) is 5.82 Å². The number of hydrogen-bond acceptors (Lipinski definition) is 4. The van der Waals surface area contributed by atoms with Gasteiger partial charge in [0.05, 0.1) is 12.2 Å². The molecule has 0 spiro atoms. The van der Waals surface area contributed by atoms with Crippen LogP contribution in [0.2, 0.25) is 5.02 Å². The van der Waals surface area contributed by atoms with Crippen LogP contribution in [-0.2, 0) is 12.7 Å². The third kappa shape index (κ3) is 4.78. The molecule has 0 bridgehead atoms. The normalized spacial score (nSPS) is 11.7. The molecule has 5 aromatic rings. The monoisotopic (exact) mass is 514 g/mol. The summed E-state index contributed by atoms with van der Waals surface area (Å²) in [6.45, 7) is 0.128. The highest BCUT2D eigenvalue weighted by atomic mass is 35.5. The molecule has 0 aliphatic heterocycles. The summed E-state index contributed by atoms with van der Waals surface area (Å²) in [7, 11) is 0. The van der Waals surface area contributed by atoms with E-state index in [1.807, 2.05) is 0 Å². The van der Waals surface area contributed by atoms with E-state index in [1.165, 1.54) is 35.1 Å². The molecule has 1 N–H and O–H groups in total. The molecule has 2 aromatic carbocycles. The van der Waals surface area contributed by atoms with Crippen molar-refractivity contribution in [2.24, 2.45) is 0 Å². The first-order chi connectivity index (χ1) is 17.2. The SMILES string of the molecule is O=C(Nc1ccn(Cc2ccccc2F)n1)c1cc2nc(-c3ccc(Cl)cc3)cc(C(F)(F)F)n2n1. The topological polar surface area (TPSA) is 77.1 Å². The Morgan fingerprint density at radius 1 is 1.00 bits per heavy atom. The van der Waals surface area contributed by atoms with Crippen molar-refractivity contribution in [2.45, 2.75) is 12.7 Å². The van der Waals surface area contributed by atoms with Gasteiger partial charge in [0, 0.05) is 34.5 Å². The number of anilines is 1. The Morgan fingerprint density at radius 3 is 2.47 bits per heavy atom. The number of rotatable bonds is 5. The third-order valence-corrected chi connectivity index (χ3v) is 5.51. The molecule has 0 aliphatic rings. The van der Waals surface area contributed by atoms with Crippen LogP contribution >= 0.6 is 11.6 Å². The van der Waals surface area contributed by atoms with E-state index in [0.717, 1.165) is 12.1 Å². The van der Waals surface area contributed by atoms with Gasteiger partial charge >= 0.3 is 6.18 Å². The molecule has 3 aromatic heterocycles. The van der Waals surface area contributed by atoms with Crippen LogP contribution in [0.25, 0.3) is 16.9 Å². The molecule has 0 saturated carbocycles.